The van der Waals surface area contributed by atoms with Gasteiger partial charge in [-0.3, -0.25) is 19.7 Å². The number of nitrogens with one attached hydrogen (secondary N) is 1. The normalized spacial score (nSPS) is 12.6. The van der Waals surface area contributed by atoms with Crippen LogP contribution in [-0.4, -0.2) is 20.9 Å². The number of hydrogen-bond acceptors (Lipinski definition) is 4. The van der Waals surface area contributed by atoms with E-state index >= 15 is 0 Å². The molecule has 35 heavy (non-hydrogen) atoms. The van der Waals surface area contributed by atoms with Crippen molar-refractivity contribution in [2.75, 3.05) is 0 Å². The summed E-state index contributed by atoms with van der Waals surface area (Å²) in [6.07, 6.45) is 1.36. The van der Waals surface area contributed by atoms with E-state index in [2.05, 4.69) is 20.3 Å². The number of fused-ring (bicyclic) bond motifs is 2. The Balaban J connectivity index is 1.62. The second-order valence-corrected chi connectivity index (χ2v) is 8.32. The van der Waals surface area contributed by atoms with Crippen LogP contribution in [0.2, 0.25) is 5.02 Å². The Bertz CT molecular complexity index is 1570. The van der Waals surface area contributed by atoms with Crippen LogP contribution in [0.5, 0.6) is 0 Å². The van der Waals surface area contributed by atoms with Gasteiger partial charge in [0.1, 0.15) is 6.04 Å². The molecule has 9 heteroatoms. The molecule has 1 N–H and O–H groups in total. The zero-order valence-electron chi connectivity index (χ0n) is 17.9. The van der Waals surface area contributed by atoms with Gasteiger partial charge in [-0.05, 0) is 59.3 Å². The molecule has 0 unspecified atom stereocenters. The number of amides is 1. The van der Waals surface area contributed by atoms with Gasteiger partial charge >= 0.3 is 6.18 Å². The molecule has 5 aromatic rings. The molecule has 2 aromatic carbocycles. The number of rotatable bonds is 4. The lowest BCUT2D eigenvalue weighted by Crippen LogP contribution is -2.32. The zero-order chi connectivity index (χ0) is 24.6. The number of carbonyl (C=O) groups is 1. The van der Waals surface area contributed by atoms with Gasteiger partial charge in [-0.1, -0.05) is 23.7 Å². The minimum Gasteiger partial charge on any atom is -0.338 e. The first-order valence-electron chi connectivity index (χ1n) is 10.5. The molecule has 0 aliphatic heterocycles. The molecule has 5 nitrogen and oxygen atoms in total. The van der Waals surface area contributed by atoms with Crippen LogP contribution in [0, 0.1) is 0 Å². The molecule has 1 atom stereocenters. The lowest BCUT2D eigenvalue weighted by Gasteiger charge is -2.22. The Kier molecular flexibility index (Phi) is 5.82. The third kappa shape index (κ3) is 4.65. The highest BCUT2D eigenvalue weighted by Gasteiger charge is 2.37. The van der Waals surface area contributed by atoms with E-state index in [4.69, 9.17) is 11.6 Å². The topological polar surface area (TPSA) is 67.8 Å². The third-order valence-electron chi connectivity index (χ3n) is 5.60. The van der Waals surface area contributed by atoms with Gasteiger partial charge in [-0.15, -0.1) is 0 Å². The largest absolute Gasteiger partial charge is 0.418 e. The number of pyridine rings is 3. The summed E-state index contributed by atoms with van der Waals surface area (Å²) in [5.74, 6) is -0.569. The van der Waals surface area contributed by atoms with Gasteiger partial charge in [0.2, 0.25) is 0 Å². The Morgan fingerprint density at radius 3 is 2.49 bits per heavy atom. The van der Waals surface area contributed by atoms with E-state index < -0.39 is 23.7 Å². The van der Waals surface area contributed by atoms with Crippen molar-refractivity contribution >= 4 is 39.1 Å². The maximum absolute atomic E-state index is 13.9. The number of benzene rings is 2. The summed E-state index contributed by atoms with van der Waals surface area (Å²) in [7, 11) is 0. The van der Waals surface area contributed by atoms with E-state index in [1.165, 1.54) is 18.5 Å². The summed E-state index contributed by atoms with van der Waals surface area (Å²) >= 11 is 6.11. The van der Waals surface area contributed by atoms with Crippen LogP contribution >= 0.6 is 11.6 Å². The van der Waals surface area contributed by atoms with E-state index in [1.807, 2.05) is 0 Å². The molecule has 0 radical (unpaired) electrons. The number of alkyl halides is 3. The van der Waals surface area contributed by atoms with Crippen molar-refractivity contribution in [3.05, 3.63) is 113 Å². The molecule has 5 rings (SSSR count). The Morgan fingerprint density at radius 2 is 1.66 bits per heavy atom. The van der Waals surface area contributed by atoms with Crippen molar-refractivity contribution in [2.45, 2.75) is 12.2 Å². The molecule has 174 valence electrons. The summed E-state index contributed by atoms with van der Waals surface area (Å²) in [5, 5.41) is 6.21. The molecular formula is C26H16ClF3N4O. The molecule has 0 spiro atoms. The van der Waals surface area contributed by atoms with Gasteiger partial charge in [0.05, 0.1) is 17.0 Å². The first-order valence-corrected chi connectivity index (χ1v) is 10.9. The highest BCUT2D eigenvalue weighted by atomic mass is 35.5. The first-order chi connectivity index (χ1) is 16.8. The van der Waals surface area contributed by atoms with Crippen LogP contribution < -0.4 is 5.32 Å². The quantitative estimate of drug-likeness (QED) is 0.316. The third-order valence-corrected chi connectivity index (χ3v) is 5.83. The summed E-state index contributed by atoms with van der Waals surface area (Å²) < 4.78 is 41.6. The molecule has 3 heterocycles. The van der Waals surface area contributed by atoms with Crippen LogP contribution in [0.15, 0.2) is 85.5 Å². The van der Waals surface area contributed by atoms with Crippen molar-refractivity contribution in [3.8, 4) is 0 Å². The average molecular weight is 493 g/mol. The van der Waals surface area contributed by atoms with Crippen LogP contribution in [0.3, 0.4) is 0 Å². The zero-order valence-corrected chi connectivity index (χ0v) is 18.7. The summed E-state index contributed by atoms with van der Waals surface area (Å²) in [4.78, 5) is 25.7. The van der Waals surface area contributed by atoms with Crippen molar-refractivity contribution in [3.63, 3.8) is 0 Å². The van der Waals surface area contributed by atoms with E-state index in [9.17, 15) is 18.0 Å². The van der Waals surface area contributed by atoms with Gasteiger partial charge in [-0.25, -0.2) is 0 Å². The van der Waals surface area contributed by atoms with Crippen molar-refractivity contribution < 1.29 is 18.0 Å². The monoisotopic (exact) mass is 492 g/mol. The Labute approximate surface area is 202 Å². The summed E-state index contributed by atoms with van der Waals surface area (Å²) in [5.41, 5.74) is -0.834. The van der Waals surface area contributed by atoms with E-state index in [1.54, 1.807) is 60.9 Å². The van der Waals surface area contributed by atoms with E-state index in [0.29, 0.717) is 10.4 Å². The van der Waals surface area contributed by atoms with Crippen molar-refractivity contribution in [2.24, 2.45) is 0 Å². The molecule has 0 saturated carbocycles. The molecule has 0 saturated heterocycles. The number of halogens is 4. The predicted octanol–water partition coefficient (Wildman–Crippen LogP) is 6.37. The highest BCUT2D eigenvalue weighted by molar-refractivity contribution is 6.31. The van der Waals surface area contributed by atoms with Gasteiger partial charge in [0.15, 0.2) is 0 Å². The molecular weight excluding hydrogens is 477 g/mol. The van der Waals surface area contributed by atoms with Crippen LogP contribution in [0.25, 0.3) is 21.5 Å². The van der Waals surface area contributed by atoms with Gasteiger partial charge in [0.25, 0.3) is 5.91 Å². The fourth-order valence-corrected chi connectivity index (χ4v) is 4.08. The standard InChI is InChI=1S/C26H16ClF3N4O/c27-20-6-5-18-14-33-22(12-19(18)11-20)24(23-21(26(28,29)30)2-1-8-32-23)34-25(35)16-3-4-17-13-31-9-7-15(17)10-16/h1-14,24H,(H,34,35)/t24-/m0/s1. The fourth-order valence-electron chi connectivity index (χ4n) is 3.90. The van der Waals surface area contributed by atoms with E-state index in [0.717, 1.165) is 22.2 Å². The van der Waals surface area contributed by atoms with Crippen molar-refractivity contribution in [1.82, 2.24) is 20.3 Å². The average Bonchev–Trinajstić information content (AvgIpc) is 2.86. The molecule has 0 aliphatic rings. The summed E-state index contributed by atoms with van der Waals surface area (Å²) in [6, 6.07) is 14.3. The smallest absolute Gasteiger partial charge is 0.338 e. The maximum Gasteiger partial charge on any atom is 0.418 e. The molecule has 0 aliphatic carbocycles. The highest BCUT2D eigenvalue weighted by Crippen LogP contribution is 2.36. The lowest BCUT2D eigenvalue weighted by molar-refractivity contribution is -0.138. The molecule has 0 fully saturated rings. The fraction of sp³-hybridized carbons (Fsp3) is 0.0769. The Hall–Kier alpha value is -4.04. The van der Waals surface area contributed by atoms with Gasteiger partial charge in [0, 0.05) is 46.1 Å². The number of nitrogens with zero attached hydrogens (tertiary/aromatic N) is 3. The molecule has 0 bridgehead atoms. The molecule has 3 aromatic heterocycles. The van der Waals surface area contributed by atoms with Crippen LogP contribution in [0.4, 0.5) is 13.2 Å². The van der Waals surface area contributed by atoms with Gasteiger partial charge in [-0.2, -0.15) is 13.2 Å². The minimum atomic E-state index is -4.68. The summed E-state index contributed by atoms with van der Waals surface area (Å²) in [6.45, 7) is 0. The van der Waals surface area contributed by atoms with Gasteiger partial charge < -0.3 is 5.32 Å². The van der Waals surface area contributed by atoms with E-state index in [-0.39, 0.29) is 17.0 Å². The minimum absolute atomic E-state index is 0.197. The SMILES string of the molecule is O=C(N[C@@H](c1cc2cc(Cl)ccc2cn1)c1ncccc1C(F)(F)F)c1ccc2cnccc2c1. The second-order valence-electron chi connectivity index (χ2n) is 7.88. The first kappa shape index (κ1) is 22.7. The van der Waals surface area contributed by atoms with Crippen LogP contribution in [0.1, 0.15) is 33.4 Å². The number of hydrogen-bond donors (Lipinski definition) is 1. The Morgan fingerprint density at radius 1 is 0.857 bits per heavy atom. The lowest BCUT2D eigenvalue weighted by atomic mass is 10.0. The predicted molar refractivity (Wildman–Crippen MR) is 127 cm³/mol. The molecule has 1 amide bonds. The number of carbonyl (C=O) groups excluding carboxylic acids is 1. The van der Waals surface area contributed by atoms with Crippen molar-refractivity contribution in [1.29, 1.82) is 0 Å². The maximum atomic E-state index is 13.9. The van der Waals surface area contributed by atoms with Crippen LogP contribution in [-0.2, 0) is 6.18 Å². The second kappa shape index (κ2) is 8.96. The number of aromatic nitrogens is 3.